The molecular weight excluding hydrogens is 433 g/mol. The average Bonchev–Trinajstić information content (AvgIpc) is 2.51. The Morgan fingerprint density at radius 2 is 1.19 bits per heavy atom. The quantitative estimate of drug-likeness (QED) is 0.118. The van der Waals surface area contributed by atoms with Crippen LogP contribution >= 0.6 is 17.1 Å². The fourth-order valence-corrected chi connectivity index (χ4v) is 6.14. The average molecular weight is 475 g/mol. The topological polar surface area (TPSA) is 32.3 Å². The molecule has 0 N–H and O–H groups in total. The predicted octanol–water partition coefficient (Wildman–Crippen LogP) is 7.31. The third kappa shape index (κ3) is 23.6. The van der Waals surface area contributed by atoms with Gasteiger partial charge in [-0.3, -0.25) is 0 Å². The molecule has 0 aliphatic heterocycles. The molecule has 0 aromatic heterocycles. The molecule has 0 aliphatic carbocycles. The van der Waals surface area contributed by atoms with Gasteiger partial charge in [-0.2, -0.15) is 0 Å². The second-order valence-electron chi connectivity index (χ2n) is 8.01. The zero-order valence-corrected chi connectivity index (χ0v) is 23.3. The molecule has 0 radical (unpaired) electrons. The molecule has 0 aromatic carbocycles. The van der Waals surface area contributed by atoms with Crippen LogP contribution in [0.25, 0.3) is 0 Å². The Morgan fingerprint density at radius 1 is 0.769 bits per heavy atom. The molecule has 1 atom stereocenters. The van der Waals surface area contributed by atoms with E-state index in [1.165, 1.54) is 69.2 Å². The molecule has 0 rings (SSSR count). The molecule has 0 amide bonds. The summed E-state index contributed by atoms with van der Waals surface area (Å²) in [5.74, 6) is 2.51. The van der Waals surface area contributed by atoms with E-state index < -0.39 is 5.69 Å². The van der Waals surface area contributed by atoms with Crippen LogP contribution in [0.5, 0.6) is 0 Å². The van der Waals surface area contributed by atoms with Gasteiger partial charge in [-0.05, 0) is 30.4 Å². The molecule has 0 fully saturated rings. The summed E-state index contributed by atoms with van der Waals surface area (Å²) in [6.07, 6.45) is 15.0. The van der Waals surface area contributed by atoms with Crippen LogP contribution < -0.4 is 4.89 Å². The van der Waals surface area contributed by atoms with E-state index in [-0.39, 0.29) is 19.5 Å². The largest absolute Gasteiger partial charge is 0.793 e. The second kappa shape index (κ2) is 19.8. The van der Waals surface area contributed by atoms with Crippen molar-refractivity contribution in [1.29, 1.82) is 0 Å². The fourth-order valence-electron chi connectivity index (χ4n) is 2.76. The first-order chi connectivity index (χ1) is 11.8. The Hall–Kier alpha value is 1.54. The molecule has 0 bridgehead atoms. The second-order valence-corrected chi connectivity index (χ2v) is 14.2. The van der Waals surface area contributed by atoms with E-state index in [1.54, 1.807) is 0 Å². The van der Waals surface area contributed by atoms with Crippen LogP contribution in [0.2, 0.25) is 0 Å². The Morgan fingerprint density at radius 3 is 1.69 bits per heavy atom. The van der Waals surface area contributed by atoms with E-state index in [0.717, 1.165) is 36.9 Å². The van der Waals surface area contributed by atoms with E-state index >= 15 is 0 Å². The van der Waals surface area contributed by atoms with Gasteiger partial charge < -0.3 is 9.42 Å². The summed E-state index contributed by atoms with van der Waals surface area (Å²) in [5.41, 5.74) is -2.84. The van der Waals surface area contributed by atoms with Crippen LogP contribution in [0.15, 0.2) is 0 Å². The molecule has 2 nitrogen and oxygen atoms in total. The van der Waals surface area contributed by atoms with E-state index in [1.807, 2.05) is 0 Å². The zero-order chi connectivity index (χ0) is 19.0. The van der Waals surface area contributed by atoms with Crippen LogP contribution in [0.1, 0.15) is 105 Å². The summed E-state index contributed by atoms with van der Waals surface area (Å²) in [6, 6.07) is 0. The molecule has 1 unspecified atom stereocenters. The first-order valence-electron chi connectivity index (χ1n) is 10.4. The predicted molar refractivity (Wildman–Crippen MR) is 118 cm³/mol. The summed E-state index contributed by atoms with van der Waals surface area (Å²) in [4.78, 5) is 12.2. The third-order valence-corrected chi connectivity index (χ3v) is 8.71. The zero-order valence-electron chi connectivity index (χ0n) is 17.8. The molecule has 0 aromatic rings. The number of unbranched alkanes of at least 4 members (excludes halogenated alkanes) is 8. The van der Waals surface area contributed by atoms with Gasteiger partial charge >= 0.3 is 0 Å². The summed E-state index contributed by atoms with van der Waals surface area (Å²) >= 11 is 6.51. The minimum absolute atomic E-state index is 0. The SMILES string of the molecule is CC(C)CCCCCCCOP([O-])(=S)SCCCCCCCC(C)C.[Zn]. The minimum Gasteiger partial charge on any atom is -0.793 e. The van der Waals surface area contributed by atoms with Crippen molar-refractivity contribution in [2.24, 2.45) is 11.8 Å². The molecule has 0 spiro atoms. The summed E-state index contributed by atoms with van der Waals surface area (Å²) in [7, 11) is 0. The van der Waals surface area contributed by atoms with E-state index in [9.17, 15) is 4.89 Å². The molecule has 0 saturated heterocycles. The third-order valence-electron chi connectivity index (χ3n) is 4.35. The summed E-state index contributed by atoms with van der Waals surface area (Å²) < 4.78 is 5.48. The van der Waals surface area contributed by atoms with E-state index in [0.29, 0.717) is 6.61 Å². The van der Waals surface area contributed by atoms with Crippen LogP contribution in [0.3, 0.4) is 0 Å². The van der Waals surface area contributed by atoms with E-state index in [2.05, 4.69) is 27.7 Å². The maximum atomic E-state index is 12.2. The fraction of sp³-hybridized carbons (Fsp3) is 1.00. The van der Waals surface area contributed by atoms with Gasteiger partial charge in [-0.15, -0.1) is 11.4 Å². The number of rotatable bonds is 18. The Labute approximate surface area is 186 Å². The van der Waals surface area contributed by atoms with Gasteiger partial charge in [-0.1, -0.05) is 104 Å². The normalized spacial score (nSPS) is 13.8. The van der Waals surface area contributed by atoms with Crippen LogP contribution in [0, 0.1) is 11.8 Å². The van der Waals surface area contributed by atoms with Crippen LogP contribution in [-0.2, 0) is 35.8 Å². The van der Waals surface area contributed by atoms with Gasteiger partial charge in [0.05, 0.1) is 6.61 Å². The van der Waals surface area contributed by atoms with Gasteiger partial charge in [0.25, 0.3) is 0 Å². The van der Waals surface area contributed by atoms with Crippen molar-refractivity contribution < 1.29 is 28.9 Å². The molecule has 26 heavy (non-hydrogen) atoms. The van der Waals surface area contributed by atoms with Crippen molar-refractivity contribution in [2.45, 2.75) is 105 Å². The van der Waals surface area contributed by atoms with Crippen molar-refractivity contribution >= 4 is 28.9 Å². The molecule has 6 heteroatoms. The molecule has 0 saturated carbocycles. The van der Waals surface area contributed by atoms with Crippen molar-refractivity contribution in [3.8, 4) is 0 Å². The van der Waals surface area contributed by atoms with Crippen LogP contribution in [0.4, 0.5) is 0 Å². The summed E-state index contributed by atoms with van der Waals surface area (Å²) in [5, 5.41) is 0. The van der Waals surface area contributed by atoms with Crippen molar-refractivity contribution in [3.05, 3.63) is 0 Å². The minimum atomic E-state index is -2.84. The maximum Gasteiger partial charge on any atom is 0.0513 e. The number of hydrogen-bond acceptors (Lipinski definition) is 4. The standard InChI is InChI=1S/C20H43O2PS2.Zn/c1-19(2)15-11-7-5-9-13-17-22-23(21,24)25-18-14-10-6-8-12-16-20(3)4;/h19-20H,5-18H2,1-4H3,(H,21,24);/p-1. The van der Waals surface area contributed by atoms with Gasteiger partial charge in [-0.25, -0.2) is 0 Å². The van der Waals surface area contributed by atoms with Gasteiger partial charge in [0.1, 0.15) is 0 Å². The first-order valence-corrected chi connectivity index (χ1v) is 14.7. The Balaban J connectivity index is 0. The summed E-state index contributed by atoms with van der Waals surface area (Å²) in [6.45, 7) is 9.68. The molecule has 0 aliphatic rings. The Kier molecular flexibility index (Phi) is 22.7. The molecular formula is C20H42O2PS2Zn-. The monoisotopic (exact) mass is 473 g/mol. The van der Waals surface area contributed by atoms with Crippen molar-refractivity contribution in [1.82, 2.24) is 0 Å². The maximum absolute atomic E-state index is 12.2. The molecule has 0 heterocycles. The van der Waals surface area contributed by atoms with Crippen molar-refractivity contribution in [2.75, 3.05) is 12.4 Å². The Bertz CT molecular complexity index is 314. The van der Waals surface area contributed by atoms with Gasteiger partial charge in [0.15, 0.2) is 0 Å². The van der Waals surface area contributed by atoms with Gasteiger partial charge in [0, 0.05) is 25.2 Å². The van der Waals surface area contributed by atoms with E-state index in [4.69, 9.17) is 16.3 Å². The van der Waals surface area contributed by atoms with Crippen LogP contribution in [-0.4, -0.2) is 12.4 Å². The smallest absolute Gasteiger partial charge is 0.0513 e. The van der Waals surface area contributed by atoms with Crippen molar-refractivity contribution in [3.63, 3.8) is 0 Å². The van der Waals surface area contributed by atoms with Gasteiger partial charge in [0.2, 0.25) is 0 Å². The number of hydrogen-bond donors (Lipinski definition) is 0. The molecule has 154 valence electrons. The first kappa shape index (κ1) is 29.7.